The van der Waals surface area contributed by atoms with Crippen molar-refractivity contribution in [1.29, 1.82) is 0 Å². The molecule has 2 aromatic rings. The van der Waals surface area contributed by atoms with E-state index >= 15 is 0 Å². The number of carbonyl (C=O) groups is 1. The number of rotatable bonds is 2. The second kappa shape index (κ2) is 4.10. The first kappa shape index (κ1) is 10.3. The summed E-state index contributed by atoms with van der Waals surface area (Å²) in [5.41, 5.74) is 6.17. The molecule has 16 heavy (non-hydrogen) atoms. The van der Waals surface area contributed by atoms with E-state index < -0.39 is 11.6 Å². The Morgan fingerprint density at radius 3 is 2.81 bits per heavy atom. The standard InChI is InChI=1S/C12H9FN2O/c13-11-4-3-9(14)6-10(11)12(16)8-2-1-5-15-7-8/h1-7H,14H2. The molecule has 1 aromatic heterocycles. The summed E-state index contributed by atoms with van der Waals surface area (Å²) in [7, 11) is 0. The lowest BCUT2D eigenvalue weighted by Crippen LogP contribution is -2.05. The lowest BCUT2D eigenvalue weighted by Gasteiger charge is -2.03. The van der Waals surface area contributed by atoms with Gasteiger partial charge < -0.3 is 5.73 Å². The lowest BCUT2D eigenvalue weighted by molar-refractivity contribution is 0.103. The average Bonchev–Trinajstić information content (AvgIpc) is 2.32. The molecule has 0 spiro atoms. The molecule has 0 aliphatic carbocycles. The maximum absolute atomic E-state index is 13.4. The molecule has 2 rings (SSSR count). The number of benzene rings is 1. The Morgan fingerprint density at radius 2 is 2.12 bits per heavy atom. The third-order valence-electron chi connectivity index (χ3n) is 2.16. The minimum atomic E-state index is -0.581. The summed E-state index contributed by atoms with van der Waals surface area (Å²) in [6, 6.07) is 7.12. The summed E-state index contributed by atoms with van der Waals surface area (Å²) >= 11 is 0. The Labute approximate surface area is 91.7 Å². The summed E-state index contributed by atoms with van der Waals surface area (Å²) in [5.74, 6) is -0.999. The fourth-order valence-electron chi connectivity index (χ4n) is 1.37. The Bertz CT molecular complexity index is 526. The van der Waals surface area contributed by atoms with Crippen molar-refractivity contribution in [1.82, 2.24) is 4.98 Å². The zero-order chi connectivity index (χ0) is 11.5. The van der Waals surface area contributed by atoms with Crippen LogP contribution in [0.4, 0.5) is 10.1 Å². The lowest BCUT2D eigenvalue weighted by atomic mass is 10.0. The number of carbonyl (C=O) groups excluding carboxylic acids is 1. The van der Waals surface area contributed by atoms with E-state index in [2.05, 4.69) is 4.98 Å². The van der Waals surface area contributed by atoms with Gasteiger partial charge in [-0.2, -0.15) is 0 Å². The number of pyridine rings is 1. The second-order valence-electron chi connectivity index (χ2n) is 3.31. The number of halogens is 1. The summed E-state index contributed by atoms with van der Waals surface area (Å²) in [6.45, 7) is 0. The number of anilines is 1. The molecule has 0 aliphatic rings. The van der Waals surface area contributed by atoms with Gasteiger partial charge in [0.2, 0.25) is 0 Å². The highest BCUT2D eigenvalue weighted by Crippen LogP contribution is 2.16. The zero-order valence-electron chi connectivity index (χ0n) is 8.35. The third-order valence-corrected chi connectivity index (χ3v) is 2.16. The van der Waals surface area contributed by atoms with Crippen LogP contribution in [0, 0.1) is 5.82 Å². The number of hydrogen-bond acceptors (Lipinski definition) is 3. The molecule has 1 heterocycles. The number of nitrogen functional groups attached to an aromatic ring is 1. The molecule has 0 amide bonds. The molecular formula is C12H9FN2O. The molecule has 0 saturated heterocycles. The SMILES string of the molecule is Nc1ccc(F)c(C(=O)c2cccnc2)c1. The predicted octanol–water partition coefficient (Wildman–Crippen LogP) is 2.03. The molecule has 80 valence electrons. The summed E-state index contributed by atoms with van der Waals surface area (Å²) in [4.78, 5) is 15.7. The van der Waals surface area contributed by atoms with Crippen molar-refractivity contribution in [3.05, 3.63) is 59.7 Å². The molecule has 0 saturated carbocycles. The number of nitrogens with zero attached hydrogens (tertiary/aromatic N) is 1. The Kier molecular flexibility index (Phi) is 2.64. The van der Waals surface area contributed by atoms with Gasteiger partial charge in [-0.1, -0.05) is 0 Å². The first-order valence-electron chi connectivity index (χ1n) is 4.68. The molecule has 4 heteroatoms. The molecule has 3 nitrogen and oxygen atoms in total. The summed E-state index contributed by atoms with van der Waals surface area (Å²) in [6.07, 6.45) is 2.94. The van der Waals surface area contributed by atoms with Crippen LogP contribution in [0.3, 0.4) is 0 Å². The Balaban J connectivity index is 2.46. The predicted molar refractivity (Wildman–Crippen MR) is 58.5 cm³/mol. The van der Waals surface area contributed by atoms with Crippen LogP contribution in [-0.2, 0) is 0 Å². The van der Waals surface area contributed by atoms with Gasteiger partial charge in [0.1, 0.15) is 5.82 Å². The van der Waals surface area contributed by atoms with Crippen LogP contribution in [-0.4, -0.2) is 10.8 Å². The molecule has 0 bridgehead atoms. The summed E-state index contributed by atoms with van der Waals surface area (Å²) in [5, 5.41) is 0. The molecule has 2 N–H and O–H groups in total. The second-order valence-corrected chi connectivity index (χ2v) is 3.31. The number of hydrogen-bond donors (Lipinski definition) is 1. The van der Waals surface area contributed by atoms with Gasteiger partial charge in [0.05, 0.1) is 5.56 Å². The van der Waals surface area contributed by atoms with E-state index in [0.29, 0.717) is 11.3 Å². The van der Waals surface area contributed by atoms with Crippen LogP contribution in [0.25, 0.3) is 0 Å². The molecule has 1 aromatic carbocycles. The van der Waals surface area contributed by atoms with E-state index in [0.717, 1.165) is 0 Å². The van der Waals surface area contributed by atoms with E-state index in [9.17, 15) is 9.18 Å². The minimum Gasteiger partial charge on any atom is -0.399 e. The number of aromatic nitrogens is 1. The van der Waals surface area contributed by atoms with E-state index in [1.54, 1.807) is 18.3 Å². The van der Waals surface area contributed by atoms with Gasteiger partial charge >= 0.3 is 0 Å². The van der Waals surface area contributed by atoms with Crippen LogP contribution in [0.1, 0.15) is 15.9 Å². The maximum Gasteiger partial charge on any atom is 0.197 e. The molecule has 0 unspecified atom stereocenters. The van der Waals surface area contributed by atoms with Gasteiger partial charge in [-0.05, 0) is 30.3 Å². The zero-order valence-corrected chi connectivity index (χ0v) is 8.35. The van der Waals surface area contributed by atoms with E-state index in [1.165, 1.54) is 24.4 Å². The van der Waals surface area contributed by atoms with Crippen molar-refractivity contribution >= 4 is 11.5 Å². The van der Waals surface area contributed by atoms with Crippen LogP contribution in [0.5, 0.6) is 0 Å². The monoisotopic (exact) mass is 216 g/mol. The number of ketones is 1. The van der Waals surface area contributed by atoms with Gasteiger partial charge in [0.25, 0.3) is 0 Å². The topological polar surface area (TPSA) is 56.0 Å². The van der Waals surface area contributed by atoms with E-state index in [-0.39, 0.29) is 5.56 Å². The van der Waals surface area contributed by atoms with Crippen molar-refractivity contribution in [3.8, 4) is 0 Å². The van der Waals surface area contributed by atoms with Crippen molar-refractivity contribution in [3.63, 3.8) is 0 Å². The van der Waals surface area contributed by atoms with Crippen LogP contribution in [0.15, 0.2) is 42.7 Å². The van der Waals surface area contributed by atoms with Gasteiger partial charge in [-0.3, -0.25) is 9.78 Å². The van der Waals surface area contributed by atoms with Gasteiger partial charge in [0, 0.05) is 23.6 Å². The van der Waals surface area contributed by atoms with Crippen molar-refractivity contribution < 1.29 is 9.18 Å². The summed E-state index contributed by atoms with van der Waals surface area (Å²) < 4.78 is 13.4. The van der Waals surface area contributed by atoms with Crippen molar-refractivity contribution in [2.24, 2.45) is 0 Å². The maximum atomic E-state index is 13.4. The molecule has 0 aliphatic heterocycles. The van der Waals surface area contributed by atoms with Gasteiger partial charge in [0.15, 0.2) is 5.78 Å². The van der Waals surface area contributed by atoms with Crippen LogP contribution >= 0.6 is 0 Å². The Hall–Kier alpha value is -2.23. The highest BCUT2D eigenvalue weighted by Gasteiger charge is 2.13. The highest BCUT2D eigenvalue weighted by atomic mass is 19.1. The molecule has 0 fully saturated rings. The first-order valence-corrected chi connectivity index (χ1v) is 4.68. The largest absolute Gasteiger partial charge is 0.399 e. The first-order chi connectivity index (χ1) is 7.68. The highest BCUT2D eigenvalue weighted by molar-refractivity contribution is 6.09. The van der Waals surface area contributed by atoms with Crippen LogP contribution < -0.4 is 5.73 Å². The average molecular weight is 216 g/mol. The molecular weight excluding hydrogens is 207 g/mol. The Morgan fingerprint density at radius 1 is 1.31 bits per heavy atom. The fourth-order valence-corrected chi connectivity index (χ4v) is 1.37. The fraction of sp³-hybridized carbons (Fsp3) is 0. The van der Waals surface area contributed by atoms with Gasteiger partial charge in [-0.15, -0.1) is 0 Å². The smallest absolute Gasteiger partial charge is 0.197 e. The molecule has 0 atom stereocenters. The quantitative estimate of drug-likeness (QED) is 0.617. The normalized spacial score (nSPS) is 10.1. The minimum absolute atomic E-state index is 0.0343. The van der Waals surface area contributed by atoms with Crippen molar-refractivity contribution in [2.45, 2.75) is 0 Å². The third kappa shape index (κ3) is 1.91. The van der Waals surface area contributed by atoms with E-state index in [4.69, 9.17) is 5.73 Å². The van der Waals surface area contributed by atoms with Crippen molar-refractivity contribution in [2.75, 3.05) is 5.73 Å². The van der Waals surface area contributed by atoms with Crippen LogP contribution in [0.2, 0.25) is 0 Å². The number of nitrogens with two attached hydrogens (primary N) is 1. The van der Waals surface area contributed by atoms with Gasteiger partial charge in [-0.25, -0.2) is 4.39 Å². The van der Waals surface area contributed by atoms with E-state index in [1.807, 2.05) is 0 Å². The molecule has 0 radical (unpaired) electrons.